The van der Waals surface area contributed by atoms with Gasteiger partial charge in [-0.05, 0) is 61.3 Å². The maximum atomic E-state index is 12.8. The minimum absolute atomic E-state index is 0. The Kier molecular flexibility index (Phi) is 6.69. The Bertz CT molecular complexity index is 677. The molecule has 0 bridgehead atoms. The lowest BCUT2D eigenvalue weighted by molar-refractivity contribution is -0.116. The molecule has 2 amide bonds. The average molecular weight is 380 g/mol. The fraction of sp³-hybridized carbons (Fsp3) is 0.600. The summed E-state index contributed by atoms with van der Waals surface area (Å²) in [6.07, 6.45) is 2.72. The van der Waals surface area contributed by atoms with Crippen molar-refractivity contribution in [3.05, 3.63) is 29.3 Å². The monoisotopic (exact) mass is 379 g/mol. The normalized spacial score (nSPS) is 24.3. The lowest BCUT2D eigenvalue weighted by Crippen LogP contribution is -2.33. The summed E-state index contributed by atoms with van der Waals surface area (Å²) in [7, 11) is 0. The average Bonchev–Trinajstić information content (AvgIpc) is 3.10. The number of rotatable bonds is 4. The maximum Gasteiger partial charge on any atom is 0.253 e. The van der Waals surface area contributed by atoms with Gasteiger partial charge < -0.3 is 16.0 Å². The quantitative estimate of drug-likeness (QED) is 0.843. The van der Waals surface area contributed by atoms with E-state index >= 15 is 0 Å². The summed E-state index contributed by atoms with van der Waals surface area (Å²) in [4.78, 5) is 26.7. The topological polar surface area (TPSA) is 75.4 Å². The number of hydrogen-bond acceptors (Lipinski definition) is 3. The van der Waals surface area contributed by atoms with Crippen molar-refractivity contribution in [2.45, 2.75) is 46.1 Å². The van der Waals surface area contributed by atoms with Gasteiger partial charge in [0.25, 0.3) is 5.91 Å². The van der Waals surface area contributed by atoms with Crippen molar-refractivity contribution in [1.29, 1.82) is 0 Å². The number of fused-ring (bicyclic) bond motifs is 1. The summed E-state index contributed by atoms with van der Waals surface area (Å²) in [5.74, 6) is 1.43. The smallest absolute Gasteiger partial charge is 0.253 e. The van der Waals surface area contributed by atoms with Crippen molar-refractivity contribution in [2.75, 3.05) is 18.4 Å². The Morgan fingerprint density at radius 1 is 1.27 bits per heavy atom. The van der Waals surface area contributed by atoms with Crippen molar-refractivity contribution in [3.8, 4) is 0 Å². The number of nitrogens with two attached hydrogens (primary N) is 1. The molecule has 6 heteroatoms. The van der Waals surface area contributed by atoms with Crippen molar-refractivity contribution >= 4 is 29.9 Å². The Morgan fingerprint density at radius 3 is 2.62 bits per heavy atom. The van der Waals surface area contributed by atoms with Crippen LogP contribution in [0.25, 0.3) is 0 Å². The van der Waals surface area contributed by atoms with E-state index in [1.807, 2.05) is 43.9 Å². The molecule has 3 unspecified atom stereocenters. The summed E-state index contributed by atoms with van der Waals surface area (Å²) < 4.78 is 0. The highest BCUT2D eigenvalue weighted by Crippen LogP contribution is 2.37. The van der Waals surface area contributed by atoms with E-state index in [4.69, 9.17) is 5.73 Å². The maximum absolute atomic E-state index is 12.8. The molecule has 0 radical (unpaired) electrons. The van der Waals surface area contributed by atoms with Crippen LogP contribution in [0.2, 0.25) is 0 Å². The summed E-state index contributed by atoms with van der Waals surface area (Å²) in [6, 6.07) is 5.77. The van der Waals surface area contributed by atoms with Gasteiger partial charge in [0.05, 0.1) is 0 Å². The number of amides is 2. The molecule has 1 aromatic carbocycles. The SMILES string of the molecule is Cc1cc(C(=O)N2CC3CCC(N)C3C2)ccc1NC(=O)CC(C)C.Cl. The van der Waals surface area contributed by atoms with Gasteiger partial charge >= 0.3 is 0 Å². The van der Waals surface area contributed by atoms with E-state index in [1.165, 1.54) is 0 Å². The Labute approximate surface area is 162 Å². The second kappa shape index (κ2) is 8.40. The second-order valence-electron chi connectivity index (χ2n) is 8.05. The number of likely N-dealkylation sites (tertiary alicyclic amines) is 1. The lowest BCUT2D eigenvalue weighted by atomic mass is 9.98. The summed E-state index contributed by atoms with van der Waals surface area (Å²) in [5.41, 5.74) is 8.55. The highest BCUT2D eigenvalue weighted by Gasteiger charge is 2.42. The fourth-order valence-corrected chi connectivity index (χ4v) is 4.16. The third-order valence-corrected chi connectivity index (χ3v) is 5.54. The lowest BCUT2D eigenvalue weighted by Gasteiger charge is -2.19. The number of aryl methyl sites for hydroxylation is 1. The van der Waals surface area contributed by atoms with Crippen LogP contribution in [-0.2, 0) is 4.79 Å². The van der Waals surface area contributed by atoms with Crippen LogP contribution in [0.4, 0.5) is 5.69 Å². The van der Waals surface area contributed by atoms with Crippen molar-refractivity contribution in [2.24, 2.45) is 23.5 Å². The second-order valence-corrected chi connectivity index (χ2v) is 8.05. The standard InChI is InChI=1S/C20H29N3O2.ClH/c1-12(2)8-19(24)22-18-7-5-14(9-13(18)3)20(25)23-10-15-4-6-17(21)16(15)11-23;/h5,7,9,12,15-17H,4,6,8,10-11,21H2,1-3H3,(H,22,24);1H. The predicted molar refractivity (Wildman–Crippen MR) is 107 cm³/mol. The number of anilines is 1. The molecule has 0 aromatic heterocycles. The van der Waals surface area contributed by atoms with Crippen molar-refractivity contribution in [3.63, 3.8) is 0 Å². The van der Waals surface area contributed by atoms with Gasteiger partial charge in [-0.2, -0.15) is 0 Å². The first-order chi connectivity index (χ1) is 11.8. The van der Waals surface area contributed by atoms with Crippen LogP contribution in [0.15, 0.2) is 18.2 Å². The van der Waals surface area contributed by atoms with E-state index in [2.05, 4.69) is 5.32 Å². The third-order valence-electron chi connectivity index (χ3n) is 5.54. The molecule has 1 aromatic rings. The van der Waals surface area contributed by atoms with Crippen LogP contribution in [-0.4, -0.2) is 35.8 Å². The van der Waals surface area contributed by atoms with E-state index in [0.717, 1.165) is 37.2 Å². The zero-order chi connectivity index (χ0) is 18.1. The van der Waals surface area contributed by atoms with Gasteiger partial charge in [0.15, 0.2) is 0 Å². The van der Waals surface area contributed by atoms with E-state index in [1.54, 1.807) is 0 Å². The molecule has 3 N–H and O–H groups in total. The minimum Gasteiger partial charge on any atom is -0.338 e. The minimum atomic E-state index is 0. The molecule has 1 aliphatic heterocycles. The molecule has 3 atom stereocenters. The molecule has 2 aliphatic rings. The fourth-order valence-electron chi connectivity index (χ4n) is 4.16. The molecular weight excluding hydrogens is 350 g/mol. The summed E-state index contributed by atoms with van der Waals surface area (Å²) >= 11 is 0. The molecule has 5 nitrogen and oxygen atoms in total. The van der Waals surface area contributed by atoms with Crippen LogP contribution >= 0.6 is 12.4 Å². The number of benzene rings is 1. The molecule has 144 valence electrons. The zero-order valence-corrected chi connectivity index (χ0v) is 16.6. The van der Waals surface area contributed by atoms with E-state index in [-0.39, 0.29) is 30.3 Å². The largest absolute Gasteiger partial charge is 0.338 e. The molecule has 1 saturated heterocycles. The molecular formula is C20H30ClN3O2. The third kappa shape index (κ3) is 4.38. The molecule has 26 heavy (non-hydrogen) atoms. The zero-order valence-electron chi connectivity index (χ0n) is 15.8. The van der Waals surface area contributed by atoms with E-state index < -0.39 is 0 Å². The number of nitrogens with one attached hydrogen (secondary N) is 1. The number of carbonyl (C=O) groups excluding carboxylic acids is 2. The molecule has 3 rings (SSSR count). The first kappa shape index (κ1) is 20.7. The van der Waals surface area contributed by atoms with E-state index in [9.17, 15) is 9.59 Å². The Hall–Kier alpha value is -1.59. The number of nitrogens with zero attached hydrogens (tertiary/aromatic N) is 1. The number of carbonyl (C=O) groups is 2. The molecule has 2 fully saturated rings. The highest BCUT2D eigenvalue weighted by molar-refractivity contribution is 5.96. The highest BCUT2D eigenvalue weighted by atomic mass is 35.5. The molecule has 1 heterocycles. The van der Waals surface area contributed by atoms with Gasteiger partial charge in [-0.1, -0.05) is 13.8 Å². The molecule has 0 spiro atoms. The Balaban J connectivity index is 0.00000243. The van der Waals surface area contributed by atoms with Crippen LogP contribution in [0.1, 0.15) is 49.0 Å². The van der Waals surface area contributed by atoms with Crippen molar-refractivity contribution in [1.82, 2.24) is 4.90 Å². The van der Waals surface area contributed by atoms with Gasteiger partial charge in [0, 0.05) is 36.8 Å². The van der Waals surface area contributed by atoms with Crippen LogP contribution in [0.5, 0.6) is 0 Å². The van der Waals surface area contributed by atoms with E-state index in [0.29, 0.717) is 29.7 Å². The van der Waals surface area contributed by atoms with Crippen LogP contribution < -0.4 is 11.1 Å². The van der Waals surface area contributed by atoms with Gasteiger partial charge in [-0.25, -0.2) is 0 Å². The van der Waals surface area contributed by atoms with Crippen LogP contribution in [0, 0.1) is 24.7 Å². The van der Waals surface area contributed by atoms with Gasteiger partial charge in [0.1, 0.15) is 0 Å². The summed E-state index contributed by atoms with van der Waals surface area (Å²) in [5, 5.41) is 2.94. The predicted octanol–water partition coefficient (Wildman–Crippen LogP) is 3.21. The summed E-state index contributed by atoms with van der Waals surface area (Å²) in [6.45, 7) is 7.56. The number of hydrogen-bond donors (Lipinski definition) is 2. The first-order valence-electron chi connectivity index (χ1n) is 9.30. The van der Waals surface area contributed by atoms with Crippen LogP contribution in [0.3, 0.4) is 0 Å². The number of halogens is 1. The van der Waals surface area contributed by atoms with Crippen molar-refractivity contribution < 1.29 is 9.59 Å². The molecule has 1 aliphatic carbocycles. The van der Waals surface area contributed by atoms with Gasteiger partial charge in [-0.3, -0.25) is 9.59 Å². The Morgan fingerprint density at radius 2 is 2.00 bits per heavy atom. The van der Waals surface area contributed by atoms with Gasteiger partial charge in [-0.15, -0.1) is 12.4 Å². The van der Waals surface area contributed by atoms with Gasteiger partial charge in [0.2, 0.25) is 5.91 Å². The first-order valence-corrected chi connectivity index (χ1v) is 9.30. The molecule has 1 saturated carbocycles.